The topological polar surface area (TPSA) is 81.5 Å². The fourth-order valence-corrected chi connectivity index (χ4v) is 5.46. The Balaban J connectivity index is 1.64. The number of nitrogens with zero attached hydrogens (tertiary/aromatic N) is 3. The van der Waals surface area contributed by atoms with Crippen molar-refractivity contribution in [3.63, 3.8) is 0 Å². The minimum atomic E-state index is -3.90. The molecule has 1 unspecified atom stereocenters. The number of halogens is 1. The lowest BCUT2D eigenvalue weighted by Gasteiger charge is -2.23. The van der Waals surface area contributed by atoms with E-state index in [1.807, 2.05) is 0 Å². The molecule has 4 rings (SSSR count). The maximum Gasteiger partial charge on any atom is 0.228 e. The molecule has 2 aromatic rings. The molecule has 7 nitrogen and oxygen atoms in total. The molecule has 1 aliphatic carbocycles. The predicted molar refractivity (Wildman–Crippen MR) is 112 cm³/mol. The number of amides is 1. The number of carbonyl (C=O) groups excluding carboxylic acids is 1. The molecule has 31 heavy (non-hydrogen) atoms. The van der Waals surface area contributed by atoms with E-state index in [0.29, 0.717) is 37.9 Å². The van der Waals surface area contributed by atoms with Crippen molar-refractivity contribution in [2.24, 2.45) is 5.92 Å². The van der Waals surface area contributed by atoms with Gasteiger partial charge in [0.15, 0.2) is 0 Å². The van der Waals surface area contributed by atoms with Crippen molar-refractivity contribution in [1.82, 2.24) is 14.5 Å². The molecule has 1 saturated heterocycles. The Hall–Kier alpha value is -2.26. The zero-order valence-corrected chi connectivity index (χ0v) is 18.5. The Kier molecular flexibility index (Phi) is 6.43. The average molecular weight is 450 g/mol. The molecule has 1 atom stereocenters. The van der Waals surface area contributed by atoms with Gasteiger partial charge in [0.2, 0.25) is 20.9 Å². The summed E-state index contributed by atoms with van der Waals surface area (Å²) in [6.45, 7) is 3.47. The van der Waals surface area contributed by atoms with Gasteiger partial charge in [-0.25, -0.2) is 17.8 Å². The minimum absolute atomic E-state index is 0.0486. The van der Waals surface area contributed by atoms with Gasteiger partial charge in [-0.2, -0.15) is 0 Å². The van der Waals surface area contributed by atoms with Crippen molar-refractivity contribution in [3.05, 3.63) is 47.5 Å². The molecule has 1 saturated carbocycles. The first-order valence-electron chi connectivity index (χ1n) is 10.7. The zero-order valence-electron chi connectivity index (χ0n) is 17.7. The molecule has 0 radical (unpaired) electrons. The van der Waals surface area contributed by atoms with Gasteiger partial charge in [0, 0.05) is 25.6 Å². The maximum absolute atomic E-state index is 14.1. The Morgan fingerprint density at radius 3 is 2.71 bits per heavy atom. The van der Waals surface area contributed by atoms with E-state index >= 15 is 0 Å². The molecule has 9 heteroatoms. The molecule has 2 heterocycles. The highest BCUT2D eigenvalue weighted by Crippen LogP contribution is 2.30. The van der Waals surface area contributed by atoms with Crippen LogP contribution in [0.25, 0.3) is 0 Å². The number of carbonyl (C=O) groups is 1. The third kappa shape index (κ3) is 5.33. The van der Waals surface area contributed by atoms with Crippen LogP contribution in [0.1, 0.15) is 43.9 Å². The minimum Gasteiger partial charge on any atom is -0.376 e. The Labute approximate surface area is 182 Å². The number of hydrogen-bond donors (Lipinski definition) is 0. The average Bonchev–Trinajstić information content (AvgIpc) is 3.21. The fourth-order valence-electron chi connectivity index (χ4n) is 3.95. The monoisotopic (exact) mass is 449 g/mol. The van der Waals surface area contributed by atoms with Crippen LogP contribution >= 0.6 is 0 Å². The molecule has 168 valence electrons. The summed E-state index contributed by atoms with van der Waals surface area (Å²) in [7, 11) is -3.90. The van der Waals surface area contributed by atoms with Crippen molar-refractivity contribution in [3.8, 4) is 0 Å². The first-order chi connectivity index (χ1) is 14.8. The van der Waals surface area contributed by atoms with E-state index in [2.05, 4.69) is 4.98 Å². The van der Waals surface area contributed by atoms with E-state index < -0.39 is 21.4 Å². The summed E-state index contributed by atoms with van der Waals surface area (Å²) in [5.74, 6) is -0.564. The Morgan fingerprint density at radius 2 is 2.06 bits per heavy atom. The van der Waals surface area contributed by atoms with E-state index in [1.54, 1.807) is 15.5 Å². The van der Waals surface area contributed by atoms with Crippen molar-refractivity contribution in [2.45, 2.75) is 62.7 Å². The van der Waals surface area contributed by atoms with Gasteiger partial charge in [-0.15, -0.1) is 0 Å². The van der Waals surface area contributed by atoms with Crippen LogP contribution in [0, 0.1) is 11.7 Å². The second-order valence-corrected chi connectivity index (χ2v) is 10.4. The highest BCUT2D eigenvalue weighted by Gasteiger charge is 2.30. The number of rotatable bonds is 9. The summed E-state index contributed by atoms with van der Waals surface area (Å²) in [5, 5.41) is -0.101. The van der Waals surface area contributed by atoms with E-state index in [4.69, 9.17) is 4.74 Å². The van der Waals surface area contributed by atoms with Crippen molar-refractivity contribution >= 4 is 15.7 Å². The maximum atomic E-state index is 14.1. The van der Waals surface area contributed by atoms with E-state index in [-0.39, 0.29) is 22.7 Å². The van der Waals surface area contributed by atoms with Gasteiger partial charge < -0.3 is 14.2 Å². The van der Waals surface area contributed by atoms with Gasteiger partial charge in [-0.3, -0.25) is 4.79 Å². The highest BCUT2D eigenvalue weighted by atomic mass is 32.2. The van der Waals surface area contributed by atoms with E-state index in [1.165, 1.54) is 31.3 Å². The van der Waals surface area contributed by atoms with Crippen LogP contribution in [-0.4, -0.2) is 48.0 Å². The summed E-state index contributed by atoms with van der Waals surface area (Å²) >= 11 is 0. The van der Waals surface area contributed by atoms with Gasteiger partial charge in [0.05, 0.1) is 36.8 Å². The van der Waals surface area contributed by atoms with Crippen LogP contribution in [-0.2, 0) is 38.2 Å². The fraction of sp³-hybridized carbons (Fsp3) is 0.545. The molecule has 1 aromatic heterocycles. The quantitative estimate of drug-likeness (QED) is 0.588. The third-order valence-corrected chi connectivity index (χ3v) is 7.44. The summed E-state index contributed by atoms with van der Waals surface area (Å²) in [5.41, 5.74) is 0.758. The molecule has 1 amide bonds. The molecule has 2 aliphatic rings. The Bertz CT molecular complexity index is 1040. The van der Waals surface area contributed by atoms with E-state index in [0.717, 1.165) is 25.7 Å². The number of benzene rings is 1. The van der Waals surface area contributed by atoms with Gasteiger partial charge in [-0.1, -0.05) is 18.2 Å². The second kappa shape index (κ2) is 9.08. The first-order valence-corrected chi connectivity index (χ1v) is 12.4. The number of imidazole rings is 1. The van der Waals surface area contributed by atoms with Crippen LogP contribution in [0.3, 0.4) is 0 Å². The molecule has 1 aliphatic heterocycles. The molecular formula is C22H28FN3O4S. The van der Waals surface area contributed by atoms with Gasteiger partial charge >= 0.3 is 0 Å². The summed E-state index contributed by atoms with van der Waals surface area (Å²) in [6, 6.07) is 5.85. The Morgan fingerprint density at radius 1 is 1.29 bits per heavy atom. The predicted octanol–water partition coefficient (Wildman–Crippen LogP) is 2.93. The van der Waals surface area contributed by atoms with Crippen LogP contribution in [0.2, 0.25) is 0 Å². The molecule has 1 aromatic carbocycles. The zero-order chi connectivity index (χ0) is 22.0. The number of aromatic nitrogens is 2. The van der Waals surface area contributed by atoms with Gasteiger partial charge in [0.25, 0.3) is 0 Å². The number of sulfone groups is 1. The lowest BCUT2D eigenvalue weighted by Crippen LogP contribution is -2.32. The summed E-state index contributed by atoms with van der Waals surface area (Å²) in [4.78, 5) is 18.1. The molecule has 2 fully saturated rings. The third-order valence-electron chi connectivity index (χ3n) is 5.87. The van der Waals surface area contributed by atoms with Crippen LogP contribution in [0.5, 0.6) is 0 Å². The normalized spacial score (nSPS) is 19.0. The van der Waals surface area contributed by atoms with Gasteiger partial charge in [-0.05, 0) is 37.7 Å². The van der Waals surface area contributed by atoms with Crippen LogP contribution in [0.4, 0.5) is 4.39 Å². The number of hydrogen-bond acceptors (Lipinski definition) is 5. The lowest BCUT2D eigenvalue weighted by molar-refractivity contribution is -0.129. The van der Waals surface area contributed by atoms with Crippen LogP contribution < -0.4 is 0 Å². The molecular weight excluding hydrogens is 421 g/mol. The summed E-state index contributed by atoms with van der Waals surface area (Å²) in [6.07, 6.45) is 5.40. The largest absolute Gasteiger partial charge is 0.376 e. The van der Waals surface area contributed by atoms with Gasteiger partial charge in [0.1, 0.15) is 5.82 Å². The van der Waals surface area contributed by atoms with E-state index in [9.17, 15) is 17.6 Å². The van der Waals surface area contributed by atoms with Crippen molar-refractivity contribution < 1.29 is 22.3 Å². The van der Waals surface area contributed by atoms with Crippen molar-refractivity contribution in [2.75, 3.05) is 13.2 Å². The lowest BCUT2D eigenvalue weighted by atomic mass is 10.2. The standard InChI is InChI=1S/C22H28FN3O4S/c1-16(27)25(12-17-8-9-17)13-19-11-24-22(26(19)14-20-6-4-10-30-20)31(28,29)15-18-5-2-3-7-21(18)23/h2-3,5,7,11,17,20H,4,6,8-10,12-15H2,1H3. The SMILES string of the molecule is CC(=O)N(Cc1cnc(S(=O)(=O)Cc2ccccc2F)n1CC1CCCO1)CC1CC1. The number of ether oxygens (including phenoxy) is 1. The van der Waals surface area contributed by atoms with Crippen LogP contribution in [0.15, 0.2) is 35.6 Å². The molecule has 0 bridgehead atoms. The van der Waals surface area contributed by atoms with Crippen molar-refractivity contribution in [1.29, 1.82) is 0 Å². The second-order valence-electron chi connectivity index (χ2n) is 8.47. The highest BCUT2D eigenvalue weighted by molar-refractivity contribution is 7.90. The molecule has 0 N–H and O–H groups in total. The summed E-state index contributed by atoms with van der Waals surface area (Å²) < 4.78 is 47.9. The smallest absolute Gasteiger partial charge is 0.228 e. The first kappa shape index (κ1) is 22.0. The molecule has 0 spiro atoms.